The van der Waals surface area contributed by atoms with Crippen molar-refractivity contribution in [3.05, 3.63) is 35.9 Å². The number of hydrogen-bond acceptors (Lipinski definition) is 3. The SMILES string of the molecule is CCCCC(CC)CP(=O)(CC(CC)CCCC)C1=NC(c2ccccc2)CO1. The van der Waals surface area contributed by atoms with E-state index in [1.165, 1.54) is 25.7 Å². The van der Waals surface area contributed by atoms with Gasteiger partial charge in [-0.05, 0) is 17.4 Å². The first-order valence-electron chi connectivity index (χ1n) is 11.9. The molecule has 0 amide bonds. The standard InChI is InChI=1S/C25H42NO2P/c1-5-9-14-21(7-3)19-29(27,20-22(8-4)15-10-6-2)25-26-24(18-28-25)23-16-12-11-13-17-23/h11-13,16-17,21-22,24H,5-10,14-15,18-20H2,1-4H3. The van der Waals surface area contributed by atoms with Gasteiger partial charge in [0.1, 0.15) is 12.6 Å². The number of benzene rings is 1. The first kappa shape index (κ1) is 24.2. The van der Waals surface area contributed by atoms with Gasteiger partial charge in [0.15, 0.2) is 7.14 Å². The molecule has 0 bridgehead atoms. The van der Waals surface area contributed by atoms with Gasteiger partial charge < -0.3 is 9.30 Å². The lowest BCUT2D eigenvalue weighted by molar-refractivity contribution is 0.323. The molecule has 0 aromatic heterocycles. The van der Waals surface area contributed by atoms with E-state index in [2.05, 4.69) is 39.8 Å². The molecule has 1 aromatic rings. The highest BCUT2D eigenvalue weighted by molar-refractivity contribution is 7.80. The van der Waals surface area contributed by atoms with Gasteiger partial charge in [0.2, 0.25) is 5.64 Å². The van der Waals surface area contributed by atoms with Crippen molar-refractivity contribution in [2.75, 3.05) is 18.9 Å². The molecule has 3 unspecified atom stereocenters. The smallest absolute Gasteiger partial charge is 0.245 e. The van der Waals surface area contributed by atoms with Crippen molar-refractivity contribution in [1.29, 1.82) is 0 Å². The van der Waals surface area contributed by atoms with Crippen molar-refractivity contribution >= 4 is 12.8 Å². The van der Waals surface area contributed by atoms with Crippen LogP contribution in [0.15, 0.2) is 35.3 Å². The van der Waals surface area contributed by atoms with Crippen molar-refractivity contribution in [2.45, 2.75) is 85.1 Å². The van der Waals surface area contributed by atoms with Gasteiger partial charge in [-0.15, -0.1) is 0 Å². The third kappa shape index (κ3) is 7.28. The quantitative estimate of drug-likeness (QED) is 0.287. The van der Waals surface area contributed by atoms with Crippen molar-refractivity contribution in [3.63, 3.8) is 0 Å². The first-order chi connectivity index (χ1) is 14.1. The van der Waals surface area contributed by atoms with Crippen LogP contribution in [0.25, 0.3) is 0 Å². The summed E-state index contributed by atoms with van der Waals surface area (Å²) >= 11 is 0. The van der Waals surface area contributed by atoms with Gasteiger partial charge in [0.05, 0.1) is 0 Å². The van der Waals surface area contributed by atoms with E-state index >= 15 is 0 Å². The number of rotatable bonds is 14. The van der Waals surface area contributed by atoms with E-state index in [9.17, 15) is 4.57 Å². The third-order valence-corrected chi connectivity index (χ3v) is 9.52. The summed E-state index contributed by atoms with van der Waals surface area (Å²) in [7, 11) is -2.62. The van der Waals surface area contributed by atoms with Crippen molar-refractivity contribution in [3.8, 4) is 0 Å². The average molecular weight is 420 g/mol. The zero-order chi connectivity index (χ0) is 21.1. The Kier molecular flexibility index (Phi) is 10.5. The van der Waals surface area contributed by atoms with E-state index < -0.39 is 7.14 Å². The van der Waals surface area contributed by atoms with Crippen molar-refractivity contribution < 1.29 is 9.30 Å². The molecular weight excluding hydrogens is 377 g/mol. The fraction of sp³-hybridized carbons (Fsp3) is 0.720. The molecule has 0 spiro atoms. The lowest BCUT2D eigenvalue weighted by Gasteiger charge is -2.26. The molecule has 0 saturated carbocycles. The third-order valence-electron chi connectivity index (χ3n) is 6.36. The molecule has 4 heteroatoms. The Labute approximate surface area is 179 Å². The van der Waals surface area contributed by atoms with E-state index in [0.717, 1.165) is 43.6 Å². The van der Waals surface area contributed by atoms with Crippen LogP contribution in [0.2, 0.25) is 0 Å². The van der Waals surface area contributed by atoms with E-state index in [1.807, 2.05) is 18.2 Å². The molecule has 0 fully saturated rings. The van der Waals surface area contributed by atoms with E-state index in [1.54, 1.807) is 0 Å². The van der Waals surface area contributed by atoms with Gasteiger partial charge in [-0.1, -0.05) is 109 Å². The van der Waals surface area contributed by atoms with Gasteiger partial charge in [-0.3, -0.25) is 0 Å². The van der Waals surface area contributed by atoms with Crippen molar-refractivity contribution in [2.24, 2.45) is 16.8 Å². The normalized spacial score (nSPS) is 20.6. The van der Waals surface area contributed by atoms with Crippen LogP contribution in [-0.4, -0.2) is 24.6 Å². The van der Waals surface area contributed by atoms with Gasteiger partial charge in [0, 0.05) is 12.3 Å². The average Bonchev–Trinajstić information content (AvgIpc) is 3.26. The minimum atomic E-state index is -2.62. The zero-order valence-corrected chi connectivity index (χ0v) is 20.0. The van der Waals surface area contributed by atoms with E-state index in [-0.39, 0.29) is 6.04 Å². The summed E-state index contributed by atoms with van der Waals surface area (Å²) in [6, 6.07) is 10.3. The van der Waals surface area contributed by atoms with Crippen LogP contribution >= 0.6 is 7.14 Å². The minimum Gasteiger partial charge on any atom is -0.473 e. The molecule has 1 aliphatic heterocycles. The van der Waals surface area contributed by atoms with Crippen LogP contribution < -0.4 is 0 Å². The van der Waals surface area contributed by atoms with Gasteiger partial charge in [-0.25, -0.2) is 4.99 Å². The van der Waals surface area contributed by atoms with Crippen LogP contribution in [0.4, 0.5) is 0 Å². The molecule has 1 aliphatic rings. The highest BCUT2D eigenvalue weighted by Crippen LogP contribution is 2.55. The molecule has 164 valence electrons. The molecule has 1 heterocycles. The van der Waals surface area contributed by atoms with Crippen molar-refractivity contribution in [1.82, 2.24) is 0 Å². The van der Waals surface area contributed by atoms with Crippen LogP contribution in [0.1, 0.15) is 90.7 Å². The monoisotopic (exact) mass is 419 g/mol. The Morgan fingerprint density at radius 2 is 1.52 bits per heavy atom. The summed E-state index contributed by atoms with van der Waals surface area (Å²) in [6.07, 6.45) is 10.9. The Bertz CT molecular complexity index is 636. The topological polar surface area (TPSA) is 38.7 Å². The van der Waals surface area contributed by atoms with Gasteiger partial charge in [-0.2, -0.15) is 0 Å². The van der Waals surface area contributed by atoms with E-state index in [4.69, 9.17) is 9.73 Å². The molecule has 3 nitrogen and oxygen atoms in total. The molecule has 2 rings (SSSR count). The fourth-order valence-electron chi connectivity index (χ4n) is 4.33. The van der Waals surface area contributed by atoms with E-state index in [0.29, 0.717) is 24.1 Å². The summed E-state index contributed by atoms with van der Waals surface area (Å²) in [5.41, 5.74) is 1.75. The molecule has 0 N–H and O–H groups in total. The Hall–Kier alpha value is -1.08. The summed E-state index contributed by atoms with van der Waals surface area (Å²) in [4.78, 5) is 4.90. The number of hydrogen-bond donors (Lipinski definition) is 0. The second kappa shape index (κ2) is 12.6. The fourth-order valence-corrected chi connectivity index (χ4v) is 8.00. The maximum absolute atomic E-state index is 14.4. The number of nitrogens with zero attached hydrogens (tertiary/aromatic N) is 1. The molecule has 0 aliphatic carbocycles. The molecule has 0 radical (unpaired) electrons. The van der Waals surface area contributed by atoms with Gasteiger partial charge >= 0.3 is 0 Å². The van der Waals surface area contributed by atoms with Crippen LogP contribution in [0, 0.1) is 11.8 Å². The zero-order valence-electron chi connectivity index (χ0n) is 19.1. The summed E-state index contributed by atoms with van der Waals surface area (Å²) in [5, 5.41) is 0. The highest BCUT2D eigenvalue weighted by Gasteiger charge is 2.39. The maximum Gasteiger partial charge on any atom is 0.245 e. The Morgan fingerprint density at radius 3 is 2.00 bits per heavy atom. The Morgan fingerprint density at radius 1 is 0.966 bits per heavy atom. The summed E-state index contributed by atoms with van der Waals surface area (Å²) in [6.45, 7) is 9.48. The second-order valence-electron chi connectivity index (χ2n) is 8.74. The molecule has 3 atom stereocenters. The largest absolute Gasteiger partial charge is 0.473 e. The maximum atomic E-state index is 14.4. The molecule has 1 aromatic carbocycles. The van der Waals surface area contributed by atoms with Crippen LogP contribution in [0.3, 0.4) is 0 Å². The second-order valence-corrected chi connectivity index (χ2v) is 11.6. The van der Waals surface area contributed by atoms with Crippen LogP contribution in [0.5, 0.6) is 0 Å². The van der Waals surface area contributed by atoms with Crippen LogP contribution in [-0.2, 0) is 9.30 Å². The highest BCUT2D eigenvalue weighted by atomic mass is 31.2. The lowest BCUT2D eigenvalue weighted by atomic mass is 10.0. The molecular formula is C25H42NO2P. The molecule has 29 heavy (non-hydrogen) atoms. The first-order valence-corrected chi connectivity index (χ1v) is 14.0. The lowest BCUT2D eigenvalue weighted by Crippen LogP contribution is -2.18. The summed E-state index contributed by atoms with van der Waals surface area (Å²) in [5.74, 6) is 1.01. The minimum absolute atomic E-state index is 0.00837. The Balaban J connectivity index is 2.24. The number of ether oxygens (including phenoxy) is 1. The number of unbranched alkanes of at least 4 members (excludes halogenated alkanes) is 2. The van der Waals surface area contributed by atoms with Gasteiger partial charge in [0.25, 0.3) is 0 Å². The predicted molar refractivity (Wildman–Crippen MR) is 127 cm³/mol. The summed E-state index contributed by atoms with van der Waals surface area (Å²) < 4.78 is 20.5. The predicted octanol–water partition coefficient (Wildman–Crippen LogP) is 7.91. The number of aliphatic imine (C=N–C) groups is 1. The molecule has 0 saturated heterocycles.